The van der Waals surface area contributed by atoms with Gasteiger partial charge in [0.2, 0.25) is 5.91 Å². The predicted molar refractivity (Wildman–Crippen MR) is 166 cm³/mol. The van der Waals surface area contributed by atoms with E-state index in [4.69, 9.17) is 32.9 Å². The van der Waals surface area contributed by atoms with Crippen LogP contribution in [-0.2, 0) is 17.8 Å². The lowest BCUT2D eigenvalue weighted by Gasteiger charge is -2.25. The molecule has 0 unspecified atom stereocenters. The molecule has 0 aliphatic rings. The highest BCUT2D eigenvalue weighted by atomic mass is 35.5. The van der Waals surface area contributed by atoms with Crippen LogP contribution >= 0.6 is 35.6 Å². The summed E-state index contributed by atoms with van der Waals surface area (Å²) < 4.78 is 6.27. The van der Waals surface area contributed by atoms with Crippen LogP contribution in [-0.4, -0.2) is 36.3 Å². The number of hydrogen-bond acceptors (Lipinski definition) is 5. The number of fused-ring (bicyclic) bond motifs is 1. The van der Waals surface area contributed by atoms with Crippen LogP contribution in [0.2, 0.25) is 10.0 Å². The summed E-state index contributed by atoms with van der Waals surface area (Å²) in [6.07, 6.45) is 0.547. The number of carbonyl (C=O) groups is 3. The summed E-state index contributed by atoms with van der Waals surface area (Å²) in [5, 5.41) is 6.87. The molecule has 8 nitrogen and oxygen atoms in total. The highest BCUT2D eigenvalue weighted by molar-refractivity contribution is 6.36. The van der Waals surface area contributed by atoms with Gasteiger partial charge in [-0.25, -0.2) is 9.78 Å². The molecule has 0 atom stereocenters. The zero-order chi connectivity index (χ0) is 28.8. The number of halogens is 3. The quantitative estimate of drug-likeness (QED) is 0.196. The molecule has 41 heavy (non-hydrogen) atoms. The second kappa shape index (κ2) is 14.2. The van der Waals surface area contributed by atoms with Gasteiger partial charge in [0.1, 0.15) is 6.61 Å². The van der Waals surface area contributed by atoms with Crippen molar-refractivity contribution in [3.05, 3.63) is 93.6 Å². The number of Topliss-reactive ketones (excluding diaryl/α,β-unsaturated/α-hetero) is 1. The second-order valence-electron chi connectivity index (χ2n) is 8.99. The fraction of sp³-hybridized carbons (Fsp3) is 0.200. The maximum atomic E-state index is 13.3. The van der Waals surface area contributed by atoms with Crippen molar-refractivity contribution in [2.24, 2.45) is 0 Å². The summed E-state index contributed by atoms with van der Waals surface area (Å²) in [6, 6.07) is 18.6. The minimum absolute atomic E-state index is 0. The maximum absolute atomic E-state index is 13.3. The van der Waals surface area contributed by atoms with E-state index in [9.17, 15) is 14.4 Å². The number of aromatic nitrogens is 1. The molecule has 0 aliphatic heterocycles. The van der Waals surface area contributed by atoms with Crippen LogP contribution in [0.1, 0.15) is 35.5 Å². The van der Waals surface area contributed by atoms with Crippen molar-refractivity contribution in [1.82, 2.24) is 10.3 Å². The Kier molecular flexibility index (Phi) is 10.9. The minimum atomic E-state index is -0.582. The third-order valence-corrected chi connectivity index (χ3v) is 6.99. The maximum Gasteiger partial charge on any atom is 0.319 e. The van der Waals surface area contributed by atoms with E-state index < -0.39 is 6.03 Å². The summed E-state index contributed by atoms with van der Waals surface area (Å²) in [6.45, 7) is 3.18. The lowest BCUT2D eigenvalue weighted by molar-refractivity contribution is -0.117. The van der Waals surface area contributed by atoms with Gasteiger partial charge in [0.25, 0.3) is 0 Å². The SMILES string of the molecule is CCc1nc2ccccc2c(N(C)C(=O)CNC(=O)Nc2cccc(C(C)=O)c2)c1OCc1c(Cl)cccc1Cl.Cl. The molecule has 214 valence electrons. The molecule has 0 saturated carbocycles. The van der Waals surface area contributed by atoms with E-state index in [0.29, 0.717) is 61.3 Å². The first-order chi connectivity index (χ1) is 19.2. The molecule has 3 aromatic carbocycles. The van der Waals surface area contributed by atoms with E-state index in [-0.39, 0.29) is 37.2 Å². The van der Waals surface area contributed by atoms with Crippen molar-refractivity contribution in [3.8, 4) is 5.75 Å². The van der Waals surface area contributed by atoms with E-state index in [0.717, 1.165) is 0 Å². The van der Waals surface area contributed by atoms with Crippen LogP contribution < -0.4 is 20.3 Å². The van der Waals surface area contributed by atoms with E-state index >= 15 is 0 Å². The zero-order valence-corrected chi connectivity index (χ0v) is 25.0. The number of para-hydroxylation sites is 1. The van der Waals surface area contributed by atoms with Gasteiger partial charge < -0.3 is 20.3 Å². The molecular formula is C30H29Cl3N4O4. The first-order valence-electron chi connectivity index (χ1n) is 12.6. The average Bonchev–Trinajstić information content (AvgIpc) is 2.94. The number of anilines is 2. The normalized spacial score (nSPS) is 10.5. The van der Waals surface area contributed by atoms with Gasteiger partial charge in [-0.3, -0.25) is 9.59 Å². The van der Waals surface area contributed by atoms with Crippen LogP contribution in [0.4, 0.5) is 16.2 Å². The third-order valence-electron chi connectivity index (χ3n) is 6.29. The Morgan fingerprint density at radius 3 is 2.34 bits per heavy atom. The van der Waals surface area contributed by atoms with Crippen molar-refractivity contribution >= 4 is 75.6 Å². The number of carbonyl (C=O) groups excluding carboxylic acids is 3. The highest BCUT2D eigenvalue weighted by Gasteiger charge is 2.24. The molecule has 0 bridgehead atoms. The van der Waals surface area contributed by atoms with Gasteiger partial charge in [-0.1, -0.05) is 66.5 Å². The topological polar surface area (TPSA) is 101 Å². The van der Waals surface area contributed by atoms with Gasteiger partial charge in [-0.2, -0.15) is 0 Å². The molecule has 1 heterocycles. The van der Waals surface area contributed by atoms with Gasteiger partial charge in [0.05, 0.1) is 23.4 Å². The van der Waals surface area contributed by atoms with Crippen LogP contribution in [0.3, 0.4) is 0 Å². The molecule has 4 aromatic rings. The van der Waals surface area contributed by atoms with Crippen LogP contribution in [0.25, 0.3) is 10.9 Å². The fourth-order valence-corrected chi connectivity index (χ4v) is 4.66. The standard InChI is InChI=1S/C30H28Cl2N4O4.ClH/c1-4-25-29(40-17-22-23(31)12-8-13-24(22)32)28(21-11-5-6-14-26(21)35-25)36(3)27(38)16-33-30(39)34-20-10-7-9-19(15-20)18(2)37;/h5-15H,4,16-17H2,1-3H3,(H2,33,34,39);1H. The minimum Gasteiger partial charge on any atom is -0.485 e. The van der Waals surface area contributed by atoms with Crippen molar-refractivity contribution in [3.63, 3.8) is 0 Å². The Bertz CT molecular complexity index is 1580. The second-order valence-corrected chi connectivity index (χ2v) is 9.81. The van der Waals surface area contributed by atoms with Gasteiger partial charge in [0.15, 0.2) is 11.5 Å². The number of urea groups is 1. The highest BCUT2D eigenvalue weighted by Crippen LogP contribution is 2.39. The smallest absolute Gasteiger partial charge is 0.319 e. The van der Waals surface area contributed by atoms with Crippen LogP contribution in [0.5, 0.6) is 5.75 Å². The number of benzene rings is 3. The number of amides is 3. The predicted octanol–water partition coefficient (Wildman–Crippen LogP) is 7.09. The number of ether oxygens (including phenoxy) is 1. The van der Waals surface area contributed by atoms with Gasteiger partial charge in [0, 0.05) is 39.3 Å². The van der Waals surface area contributed by atoms with Crippen molar-refractivity contribution in [2.75, 3.05) is 23.8 Å². The number of hydrogen-bond donors (Lipinski definition) is 2. The lowest BCUT2D eigenvalue weighted by atomic mass is 10.1. The first-order valence-corrected chi connectivity index (χ1v) is 13.3. The first kappa shape index (κ1) is 31.7. The molecule has 11 heteroatoms. The Labute approximate surface area is 254 Å². The summed E-state index contributed by atoms with van der Waals surface area (Å²) in [5.74, 6) is -0.0723. The summed E-state index contributed by atoms with van der Waals surface area (Å²) in [5.41, 5.74) is 3.41. The van der Waals surface area contributed by atoms with E-state index in [1.54, 1.807) is 49.5 Å². The monoisotopic (exact) mass is 614 g/mol. The van der Waals surface area contributed by atoms with E-state index in [2.05, 4.69) is 10.6 Å². The Balaban J connectivity index is 0.00000462. The van der Waals surface area contributed by atoms with Crippen LogP contribution in [0.15, 0.2) is 66.7 Å². The molecule has 1 aromatic heterocycles. The van der Waals surface area contributed by atoms with E-state index in [1.807, 2.05) is 31.2 Å². The fourth-order valence-electron chi connectivity index (χ4n) is 4.16. The average molecular weight is 616 g/mol. The van der Waals surface area contributed by atoms with Gasteiger partial charge >= 0.3 is 6.03 Å². The lowest BCUT2D eigenvalue weighted by Crippen LogP contribution is -2.40. The third kappa shape index (κ3) is 7.47. The van der Waals surface area contributed by atoms with Crippen molar-refractivity contribution in [1.29, 1.82) is 0 Å². The van der Waals surface area contributed by atoms with Crippen molar-refractivity contribution in [2.45, 2.75) is 26.9 Å². The van der Waals surface area contributed by atoms with E-state index in [1.165, 1.54) is 11.8 Å². The summed E-state index contributed by atoms with van der Waals surface area (Å²) >= 11 is 12.7. The molecule has 0 aliphatic carbocycles. The molecule has 3 amide bonds. The molecule has 2 N–H and O–H groups in total. The number of likely N-dealkylation sites (N-methyl/N-ethyl adjacent to an activating group) is 1. The molecule has 0 fully saturated rings. The number of aryl methyl sites for hydroxylation is 1. The number of rotatable bonds is 9. The Morgan fingerprint density at radius 2 is 1.66 bits per heavy atom. The van der Waals surface area contributed by atoms with Gasteiger partial charge in [-0.05, 0) is 43.7 Å². The summed E-state index contributed by atoms with van der Waals surface area (Å²) in [4.78, 5) is 43.7. The Hall–Kier alpha value is -3.85. The zero-order valence-electron chi connectivity index (χ0n) is 22.7. The molecular weight excluding hydrogens is 587 g/mol. The Morgan fingerprint density at radius 1 is 0.976 bits per heavy atom. The number of nitrogens with one attached hydrogen (secondary N) is 2. The molecule has 4 rings (SSSR count). The summed E-state index contributed by atoms with van der Waals surface area (Å²) in [7, 11) is 1.62. The number of nitrogens with zero attached hydrogens (tertiary/aromatic N) is 2. The molecule has 0 radical (unpaired) electrons. The number of pyridine rings is 1. The number of ketones is 1. The van der Waals surface area contributed by atoms with Crippen LogP contribution in [0, 0.1) is 0 Å². The largest absolute Gasteiger partial charge is 0.485 e. The molecule has 0 spiro atoms. The van der Waals surface area contributed by atoms with Gasteiger partial charge in [-0.15, -0.1) is 12.4 Å². The van der Waals surface area contributed by atoms with Crippen molar-refractivity contribution < 1.29 is 19.1 Å². The molecule has 0 saturated heterocycles.